The highest BCUT2D eigenvalue weighted by atomic mass is 35.5. The lowest BCUT2D eigenvalue weighted by atomic mass is 10.0. The molecule has 1 fully saturated rings. The maximum Gasteiger partial charge on any atom is 0.306 e. The minimum atomic E-state index is -0.372. The van der Waals surface area contributed by atoms with Crippen LogP contribution < -0.4 is 10.5 Å². The third-order valence-electron chi connectivity index (χ3n) is 7.19. The molecule has 8 heteroatoms. The van der Waals surface area contributed by atoms with Crippen LogP contribution in [0.5, 0.6) is 5.75 Å². The summed E-state index contributed by atoms with van der Waals surface area (Å²) in [7, 11) is 1.36. The van der Waals surface area contributed by atoms with Crippen molar-refractivity contribution in [2.24, 2.45) is 16.6 Å². The van der Waals surface area contributed by atoms with Gasteiger partial charge < -0.3 is 20.1 Å². The second-order valence-electron chi connectivity index (χ2n) is 10.5. The number of likely N-dealkylation sites (tertiary alicyclic amines) is 1. The fraction of sp³-hybridized carbons (Fsp3) is 0.364. The van der Waals surface area contributed by atoms with Gasteiger partial charge >= 0.3 is 5.97 Å². The molecular weight excluding hydrogens is 538 g/mol. The molecule has 1 aliphatic heterocycles. The predicted molar refractivity (Wildman–Crippen MR) is 165 cm³/mol. The SMILES string of the molecule is COC(=O)C[C@@H]1C[C@@H](COc2ccc(-c3ccc(C(N)=NC(C)C)cc3)cc2)N(CCCc2ccccc2)C1=O.Cl. The molecule has 2 N–H and O–H groups in total. The van der Waals surface area contributed by atoms with Crippen LogP contribution in [0.2, 0.25) is 0 Å². The van der Waals surface area contributed by atoms with Crippen molar-refractivity contribution in [3.63, 3.8) is 0 Å². The first-order valence-corrected chi connectivity index (χ1v) is 13.9. The lowest BCUT2D eigenvalue weighted by Crippen LogP contribution is -2.38. The van der Waals surface area contributed by atoms with Crippen LogP contribution in [0, 0.1) is 5.92 Å². The van der Waals surface area contributed by atoms with Crippen molar-refractivity contribution < 1.29 is 19.1 Å². The van der Waals surface area contributed by atoms with E-state index in [9.17, 15) is 9.59 Å². The summed E-state index contributed by atoms with van der Waals surface area (Å²) >= 11 is 0. The Kier molecular flexibility index (Phi) is 11.8. The quantitative estimate of drug-likeness (QED) is 0.170. The van der Waals surface area contributed by atoms with E-state index in [1.165, 1.54) is 12.7 Å². The van der Waals surface area contributed by atoms with E-state index in [0.717, 1.165) is 35.3 Å². The van der Waals surface area contributed by atoms with Crippen molar-refractivity contribution in [3.8, 4) is 16.9 Å². The molecule has 1 heterocycles. The molecule has 1 saturated heterocycles. The van der Waals surface area contributed by atoms with Crippen LogP contribution in [0.4, 0.5) is 0 Å². The third-order valence-corrected chi connectivity index (χ3v) is 7.19. The van der Waals surface area contributed by atoms with E-state index < -0.39 is 0 Å². The van der Waals surface area contributed by atoms with Gasteiger partial charge in [-0.2, -0.15) is 0 Å². The molecule has 0 bridgehead atoms. The zero-order valence-electron chi connectivity index (χ0n) is 24.0. The van der Waals surface area contributed by atoms with Crippen LogP contribution >= 0.6 is 12.4 Å². The van der Waals surface area contributed by atoms with Gasteiger partial charge in [-0.25, -0.2) is 0 Å². The highest BCUT2D eigenvalue weighted by Crippen LogP contribution is 2.29. The molecular formula is C33H40ClN3O4. The first-order chi connectivity index (χ1) is 19.3. The molecule has 0 saturated carbocycles. The minimum Gasteiger partial charge on any atom is -0.491 e. The van der Waals surface area contributed by atoms with Gasteiger partial charge in [-0.3, -0.25) is 14.6 Å². The van der Waals surface area contributed by atoms with Gasteiger partial charge in [-0.15, -0.1) is 12.4 Å². The van der Waals surface area contributed by atoms with Crippen LogP contribution in [0.25, 0.3) is 11.1 Å². The molecule has 4 rings (SSSR count). The first-order valence-electron chi connectivity index (χ1n) is 13.9. The van der Waals surface area contributed by atoms with Crippen LogP contribution in [-0.4, -0.2) is 55.0 Å². The predicted octanol–water partition coefficient (Wildman–Crippen LogP) is 5.68. The number of ether oxygens (including phenoxy) is 2. The summed E-state index contributed by atoms with van der Waals surface area (Å²) in [5.74, 6) is 0.552. The Balaban J connectivity index is 0.00000462. The molecule has 7 nitrogen and oxygen atoms in total. The van der Waals surface area contributed by atoms with Crippen molar-refractivity contribution in [2.45, 2.75) is 51.6 Å². The Bertz CT molecular complexity index is 1290. The number of amides is 1. The van der Waals surface area contributed by atoms with E-state index in [4.69, 9.17) is 15.2 Å². The number of aryl methyl sites for hydroxylation is 1. The number of nitrogens with zero attached hydrogens (tertiary/aromatic N) is 2. The molecule has 0 aromatic heterocycles. The number of benzene rings is 3. The first kappa shape index (κ1) is 31.7. The van der Waals surface area contributed by atoms with Crippen LogP contribution in [-0.2, 0) is 20.7 Å². The van der Waals surface area contributed by atoms with E-state index >= 15 is 0 Å². The van der Waals surface area contributed by atoms with Gasteiger partial charge in [-0.05, 0) is 61.9 Å². The summed E-state index contributed by atoms with van der Waals surface area (Å²) in [5.41, 5.74) is 10.4. The van der Waals surface area contributed by atoms with E-state index in [0.29, 0.717) is 25.4 Å². The van der Waals surface area contributed by atoms with E-state index in [1.807, 2.05) is 85.5 Å². The molecule has 0 radical (unpaired) electrons. The summed E-state index contributed by atoms with van der Waals surface area (Å²) < 4.78 is 11.0. The number of nitrogens with two attached hydrogens (primary N) is 1. The van der Waals surface area contributed by atoms with Crippen LogP contribution in [0.3, 0.4) is 0 Å². The highest BCUT2D eigenvalue weighted by molar-refractivity contribution is 5.98. The average molecular weight is 578 g/mol. The zero-order valence-corrected chi connectivity index (χ0v) is 24.8. The van der Waals surface area contributed by atoms with Gasteiger partial charge in [0.15, 0.2) is 0 Å². The fourth-order valence-corrected chi connectivity index (χ4v) is 5.10. The maximum absolute atomic E-state index is 13.2. The second-order valence-corrected chi connectivity index (χ2v) is 10.5. The zero-order chi connectivity index (χ0) is 28.5. The van der Waals surface area contributed by atoms with Crippen molar-refractivity contribution in [1.29, 1.82) is 0 Å². The van der Waals surface area contributed by atoms with Gasteiger partial charge in [0.05, 0.1) is 25.5 Å². The van der Waals surface area contributed by atoms with Crippen molar-refractivity contribution in [1.82, 2.24) is 4.90 Å². The smallest absolute Gasteiger partial charge is 0.306 e. The Morgan fingerprint density at radius 2 is 1.63 bits per heavy atom. The summed E-state index contributed by atoms with van der Waals surface area (Å²) in [6, 6.07) is 26.3. The summed E-state index contributed by atoms with van der Waals surface area (Å²) in [6.07, 6.45) is 2.41. The Hall–Kier alpha value is -3.84. The lowest BCUT2D eigenvalue weighted by Gasteiger charge is -2.25. The van der Waals surface area contributed by atoms with Gasteiger partial charge in [0.2, 0.25) is 5.91 Å². The molecule has 218 valence electrons. The van der Waals surface area contributed by atoms with E-state index in [-0.39, 0.29) is 48.7 Å². The summed E-state index contributed by atoms with van der Waals surface area (Å²) in [6.45, 7) is 5.00. The Labute approximate surface area is 249 Å². The topological polar surface area (TPSA) is 94.2 Å². The molecule has 41 heavy (non-hydrogen) atoms. The largest absolute Gasteiger partial charge is 0.491 e. The number of carbonyl (C=O) groups excluding carboxylic acids is 2. The van der Waals surface area contributed by atoms with Crippen LogP contribution in [0.15, 0.2) is 83.9 Å². The highest BCUT2D eigenvalue weighted by Gasteiger charge is 2.40. The monoisotopic (exact) mass is 577 g/mol. The molecule has 0 spiro atoms. The number of rotatable bonds is 12. The standard InChI is InChI=1S/C33H39N3O4.ClH/c1-23(2)35-32(34)27-13-11-25(12-14-27)26-15-17-30(18-16-26)40-22-29-20-28(21-31(37)39-3)33(38)36(29)19-7-10-24-8-5-4-6-9-24;/h4-6,8-9,11-18,23,28-29H,7,10,19-22H2,1-3H3,(H2,34,35);1H/t28-,29-;/m0./s1. The molecule has 0 aliphatic carbocycles. The molecule has 3 aromatic rings. The number of amidine groups is 1. The number of aliphatic imine (C=N–C) groups is 1. The van der Waals surface area contributed by atoms with Crippen molar-refractivity contribution >= 4 is 30.1 Å². The second kappa shape index (κ2) is 15.2. The normalized spacial score (nSPS) is 16.9. The summed E-state index contributed by atoms with van der Waals surface area (Å²) in [4.78, 5) is 31.4. The minimum absolute atomic E-state index is 0. The molecule has 1 amide bonds. The molecule has 2 atom stereocenters. The molecule has 0 unspecified atom stereocenters. The van der Waals surface area contributed by atoms with E-state index in [2.05, 4.69) is 17.1 Å². The molecule has 3 aromatic carbocycles. The Morgan fingerprint density at radius 1 is 1.00 bits per heavy atom. The number of carbonyl (C=O) groups is 2. The Morgan fingerprint density at radius 3 is 2.24 bits per heavy atom. The number of hydrogen-bond acceptors (Lipinski definition) is 5. The average Bonchev–Trinajstić information content (AvgIpc) is 3.26. The lowest BCUT2D eigenvalue weighted by molar-refractivity contribution is -0.144. The number of halogens is 1. The fourth-order valence-electron chi connectivity index (χ4n) is 5.10. The maximum atomic E-state index is 13.2. The van der Waals surface area contributed by atoms with Gasteiger partial charge in [-0.1, -0.05) is 66.7 Å². The van der Waals surface area contributed by atoms with Gasteiger partial charge in [0.25, 0.3) is 0 Å². The van der Waals surface area contributed by atoms with E-state index in [1.54, 1.807) is 0 Å². The summed E-state index contributed by atoms with van der Waals surface area (Å²) in [5, 5.41) is 0. The van der Waals surface area contributed by atoms with Crippen molar-refractivity contribution in [3.05, 3.63) is 90.0 Å². The molecule has 1 aliphatic rings. The van der Waals surface area contributed by atoms with Gasteiger partial charge in [0.1, 0.15) is 18.2 Å². The third kappa shape index (κ3) is 8.82. The van der Waals surface area contributed by atoms with Gasteiger partial charge in [0, 0.05) is 18.2 Å². The van der Waals surface area contributed by atoms with Crippen LogP contribution in [0.1, 0.15) is 44.2 Å². The number of hydrogen-bond donors (Lipinski definition) is 1. The number of esters is 1. The number of methoxy groups -OCH3 is 1. The van der Waals surface area contributed by atoms with Crippen molar-refractivity contribution in [2.75, 3.05) is 20.3 Å².